The van der Waals surface area contributed by atoms with Gasteiger partial charge < -0.3 is 10.2 Å². The topological polar surface area (TPSA) is 78.5 Å². The van der Waals surface area contributed by atoms with Crippen LogP contribution < -0.4 is 10.0 Å². The summed E-state index contributed by atoms with van der Waals surface area (Å²) >= 11 is 12.3. The van der Waals surface area contributed by atoms with E-state index in [9.17, 15) is 13.2 Å². The molecule has 0 spiro atoms. The number of hydrogen-bond donors (Lipinski definition) is 2. The number of nitrogens with one attached hydrogen (secondary N) is 2. The lowest BCUT2D eigenvalue weighted by molar-refractivity contribution is -0.137. The van der Waals surface area contributed by atoms with E-state index in [1.165, 1.54) is 12.1 Å². The van der Waals surface area contributed by atoms with Gasteiger partial charge in [-0.3, -0.25) is 4.79 Å². The summed E-state index contributed by atoms with van der Waals surface area (Å²) in [6, 6.07) is 13.6. The Morgan fingerprint density at radius 2 is 1.87 bits per heavy atom. The number of carbonyl (C=O) groups is 1. The second-order valence-corrected chi connectivity index (χ2v) is 10.7. The lowest BCUT2D eigenvalue weighted by Gasteiger charge is -2.34. The molecule has 9 heteroatoms. The predicted octanol–water partition coefficient (Wildman–Crippen LogP) is 3.44. The second-order valence-electron chi connectivity index (χ2n) is 8.16. The van der Waals surface area contributed by atoms with Crippen molar-refractivity contribution in [1.29, 1.82) is 0 Å². The fourth-order valence-corrected chi connectivity index (χ4v) is 5.70. The van der Waals surface area contributed by atoms with Gasteiger partial charge in [0.05, 0.1) is 10.8 Å². The van der Waals surface area contributed by atoms with E-state index in [1.807, 2.05) is 29.2 Å². The largest absolute Gasteiger partial charge is 0.335 e. The van der Waals surface area contributed by atoms with Gasteiger partial charge in [-0.2, -0.15) is 0 Å². The van der Waals surface area contributed by atoms with Crippen LogP contribution in [0.2, 0.25) is 10.0 Å². The minimum absolute atomic E-state index is 0.0431. The van der Waals surface area contributed by atoms with Crippen molar-refractivity contribution >= 4 is 39.1 Å². The molecule has 2 aliphatic rings. The standard InChI is InChI=1S/C22H25Cl2N3O3S/c23-17-5-3-6-20(11-17)31(29,30)26-18-10-16(12-25-13-18)22(28)27(19-8-9-19)14-15-4-1-2-7-21(15)24/h1-7,11,16,18-19,25-26H,8-10,12-14H2. The van der Waals surface area contributed by atoms with Gasteiger partial charge in [-0.05, 0) is 49.1 Å². The average molecular weight is 482 g/mol. The highest BCUT2D eigenvalue weighted by Gasteiger charge is 2.38. The van der Waals surface area contributed by atoms with Crippen molar-refractivity contribution in [3.8, 4) is 0 Å². The van der Waals surface area contributed by atoms with Crippen LogP contribution in [-0.2, 0) is 21.4 Å². The van der Waals surface area contributed by atoms with Crippen molar-refractivity contribution in [3.05, 3.63) is 64.1 Å². The Labute approximate surface area is 193 Å². The van der Waals surface area contributed by atoms with E-state index in [0.29, 0.717) is 36.1 Å². The zero-order valence-corrected chi connectivity index (χ0v) is 19.3. The monoisotopic (exact) mass is 481 g/mol. The summed E-state index contributed by atoms with van der Waals surface area (Å²) in [4.78, 5) is 15.4. The summed E-state index contributed by atoms with van der Waals surface area (Å²) in [5.74, 6) is -0.259. The van der Waals surface area contributed by atoms with Crippen LogP contribution in [0.3, 0.4) is 0 Å². The van der Waals surface area contributed by atoms with Gasteiger partial charge in [0.1, 0.15) is 0 Å². The number of carbonyl (C=O) groups excluding carboxylic acids is 1. The van der Waals surface area contributed by atoms with E-state index in [0.717, 1.165) is 18.4 Å². The highest BCUT2D eigenvalue weighted by atomic mass is 35.5. The first-order chi connectivity index (χ1) is 14.8. The Morgan fingerprint density at radius 1 is 1.10 bits per heavy atom. The number of amides is 1. The van der Waals surface area contributed by atoms with Crippen molar-refractivity contribution in [1.82, 2.24) is 14.9 Å². The Kier molecular flexibility index (Phi) is 6.89. The molecule has 0 aromatic heterocycles. The fourth-order valence-electron chi connectivity index (χ4n) is 3.96. The third kappa shape index (κ3) is 5.59. The highest BCUT2D eigenvalue weighted by molar-refractivity contribution is 7.89. The molecular weight excluding hydrogens is 457 g/mol. The van der Waals surface area contributed by atoms with E-state index < -0.39 is 10.0 Å². The molecule has 31 heavy (non-hydrogen) atoms. The lowest BCUT2D eigenvalue weighted by Crippen LogP contribution is -2.53. The van der Waals surface area contributed by atoms with Gasteiger partial charge >= 0.3 is 0 Å². The predicted molar refractivity (Wildman–Crippen MR) is 122 cm³/mol. The smallest absolute Gasteiger partial charge is 0.240 e. The molecule has 1 aliphatic carbocycles. The maximum absolute atomic E-state index is 13.4. The molecule has 6 nitrogen and oxygen atoms in total. The van der Waals surface area contributed by atoms with Gasteiger partial charge in [-0.25, -0.2) is 13.1 Å². The zero-order valence-electron chi connectivity index (χ0n) is 16.9. The summed E-state index contributed by atoms with van der Waals surface area (Å²) in [5, 5.41) is 4.22. The van der Waals surface area contributed by atoms with Crippen molar-refractivity contribution in [2.45, 2.75) is 42.8 Å². The van der Waals surface area contributed by atoms with Crippen molar-refractivity contribution < 1.29 is 13.2 Å². The molecule has 1 saturated carbocycles. The molecule has 166 valence electrons. The van der Waals surface area contributed by atoms with Gasteiger partial charge in [0.15, 0.2) is 0 Å². The van der Waals surface area contributed by atoms with Gasteiger partial charge in [0.2, 0.25) is 15.9 Å². The third-order valence-corrected chi connectivity index (χ3v) is 7.82. The number of benzene rings is 2. The molecule has 1 heterocycles. The van der Waals surface area contributed by atoms with Gasteiger partial charge in [-0.1, -0.05) is 47.5 Å². The Balaban J connectivity index is 1.44. The zero-order chi connectivity index (χ0) is 22.0. The van der Waals surface area contributed by atoms with Gasteiger partial charge in [-0.15, -0.1) is 0 Å². The van der Waals surface area contributed by atoms with Gasteiger partial charge in [0.25, 0.3) is 0 Å². The molecule has 2 N–H and O–H groups in total. The summed E-state index contributed by atoms with van der Waals surface area (Å²) < 4.78 is 28.2. The highest BCUT2D eigenvalue weighted by Crippen LogP contribution is 2.32. The Bertz CT molecular complexity index is 1060. The normalized spacial score (nSPS) is 21.6. The molecule has 0 bridgehead atoms. The molecule has 2 unspecified atom stereocenters. The molecule has 4 rings (SSSR count). The summed E-state index contributed by atoms with van der Waals surface area (Å²) in [7, 11) is -3.73. The molecule has 1 aliphatic heterocycles. The minimum atomic E-state index is -3.73. The molecule has 1 amide bonds. The van der Waals surface area contributed by atoms with Crippen LogP contribution in [0, 0.1) is 5.92 Å². The molecule has 1 saturated heterocycles. The van der Waals surface area contributed by atoms with E-state index >= 15 is 0 Å². The van der Waals surface area contributed by atoms with Crippen LogP contribution in [0.15, 0.2) is 53.4 Å². The second kappa shape index (κ2) is 9.46. The number of nitrogens with zero attached hydrogens (tertiary/aromatic N) is 1. The molecule has 2 atom stereocenters. The third-order valence-electron chi connectivity index (χ3n) is 5.70. The number of hydrogen-bond acceptors (Lipinski definition) is 4. The molecule has 2 fully saturated rings. The van der Waals surface area contributed by atoms with Crippen LogP contribution in [0.4, 0.5) is 0 Å². The number of sulfonamides is 1. The number of halogens is 2. The number of piperidine rings is 1. The first-order valence-electron chi connectivity index (χ1n) is 10.4. The summed E-state index contributed by atoms with van der Waals surface area (Å²) in [6.07, 6.45) is 2.42. The van der Waals surface area contributed by atoms with E-state index in [-0.39, 0.29) is 28.8 Å². The van der Waals surface area contributed by atoms with Crippen LogP contribution in [-0.4, -0.2) is 44.4 Å². The molecule has 0 radical (unpaired) electrons. The average Bonchev–Trinajstić information content (AvgIpc) is 3.58. The molecular formula is C22H25Cl2N3O3S. The van der Waals surface area contributed by atoms with Crippen molar-refractivity contribution in [3.63, 3.8) is 0 Å². The molecule has 2 aromatic rings. The minimum Gasteiger partial charge on any atom is -0.335 e. The first kappa shape index (κ1) is 22.6. The summed E-state index contributed by atoms with van der Waals surface area (Å²) in [6.45, 7) is 1.47. The molecule has 2 aromatic carbocycles. The van der Waals surface area contributed by atoms with E-state index in [2.05, 4.69) is 10.0 Å². The van der Waals surface area contributed by atoms with Crippen LogP contribution in [0.1, 0.15) is 24.8 Å². The SMILES string of the molecule is O=C(C1CNCC(NS(=O)(=O)c2cccc(Cl)c2)C1)N(Cc1ccccc1Cl)C1CC1. The lowest BCUT2D eigenvalue weighted by atomic mass is 9.94. The van der Waals surface area contributed by atoms with Gasteiger partial charge in [0, 0.05) is 41.8 Å². The maximum Gasteiger partial charge on any atom is 0.240 e. The Morgan fingerprint density at radius 3 is 2.58 bits per heavy atom. The first-order valence-corrected chi connectivity index (χ1v) is 12.6. The van der Waals surface area contributed by atoms with Crippen molar-refractivity contribution in [2.24, 2.45) is 5.92 Å². The van der Waals surface area contributed by atoms with E-state index in [4.69, 9.17) is 23.2 Å². The van der Waals surface area contributed by atoms with Crippen LogP contribution >= 0.6 is 23.2 Å². The van der Waals surface area contributed by atoms with E-state index in [1.54, 1.807) is 12.1 Å². The van der Waals surface area contributed by atoms with Crippen LogP contribution in [0.5, 0.6) is 0 Å². The fraction of sp³-hybridized carbons (Fsp3) is 0.409. The van der Waals surface area contributed by atoms with Crippen molar-refractivity contribution in [2.75, 3.05) is 13.1 Å². The maximum atomic E-state index is 13.4. The summed E-state index contributed by atoms with van der Waals surface area (Å²) in [5.41, 5.74) is 0.923. The number of rotatable bonds is 7. The van der Waals surface area contributed by atoms with Crippen LogP contribution in [0.25, 0.3) is 0 Å². The Hall–Kier alpha value is -1.64. The quantitative estimate of drug-likeness (QED) is 0.634.